The molecule has 0 saturated heterocycles. The van der Waals surface area contributed by atoms with Crippen LogP contribution in [0.5, 0.6) is 23.0 Å². The molecule has 2 amide bonds. The van der Waals surface area contributed by atoms with E-state index in [2.05, 4.69) is 10.6 Å². The molecular formula is C35H35N3O8. The molecule has 238 valence electrons. The summed E-state index contributed by atoms with van der Waals surface area (Å²) in [7, 11) is 0. The van der Waals surface area contributed by atoms with Crippen molar-refractivity contribution in [3.63, 3.8) is 0 Å². The number of amides is 2. The number of carbonyl (C=O) groups is 2. The van der Waals surface area contributed by atoms with Gasteiger partial charge in [0.15, 0.2) is 17.6 Å². The van der Waals surface area contributed by atoms with Gasteiger partial charge in [-0.2, -0.15) is 0 Å². The van der Waals surface area contributed by atoms with Gasteiger partial charge in [0.2, 0.25) is 12.7 Å². The van der Waals surface area contributed by atoms with Crippen LogP contribution in [-0.4, -0.2) is 43.2 Å². The van der Waals surface area contributed by atoms with Crippen molar-refractivity contribution >= 4 is 29.1 Å². The van der Waals surface area contributed by atoms with Gasteiger partial charge in [-0.1, -0.05) is 48.5 Å². The fourth-order valence-electron chi connectivity index (χ4n) is 4.72. The van der Waals surface area contributed by atoms with Crippen LogP contribution in [0.4, 0.5) is 21.9 Å². The Morgan fingerprint density at radius 3 is 2.50 bits per heavy atom. The molecule has 0 radical (unpaired) electrons. The summed E-state index contributed by atoms with van der Waals surface area (Å²) in [5, 5.41) is 14.8. The molecule has 0 aliphatic carbocycles. The fourth-order valence-corrected chi connectivity index (χ4v) is 4.72. The minimum Gasteiger partial charge on any atom is -0.491 e. The molecule has 0 saturated carbocycles. The van der Waals surface area contributed by atoms with Gasteiger partial charge in [-0.15, -0.1) is 0 Å². The van der Waals surface area contributed by atoms with Gasteiger partial charge in [0.05, 0.1) is 18.0 Å². The minimum absolute atomic E-state index is 0.102. The quantitative estimate of drug-likeness (QED) is 0.0965. The van der Waals surface area contributed by atoms with E-state index in [1.165, 1.54) is 6.08 Å². The predicted molar refractivity (Wildman–Crippen MR) is 173 cm³/mol. The van der Waals surface area contributed by atoms with Crippen molar-refractivity contribution in [2.45, 2.75) is 25.0 Å². The number of rotatable bonds is 14. The maximum Gasteiger partial charge on any atom is 0.412 e. The number of allylic oxidation sites excluding steroid dienone is 1. The zero-order chi connectivity index (χ0) is 32.1. The average molecular weight is 626 g/mol. The Balaban J connectivity index is 1.36. The number of benzene rings is 4. The van der Waals surface area contributed by atoms with Crippen molar-refractivity contribution in [1.82, 2.24) is 0 Å². The Morgan fingerprint density at radius 2 is 1.67 bits per heavy atom. The molecule has 46 heavy (non-hydrogen) atoms. The van der Waals surface area contributed by atoms with E-state index < -0.39 is 18.3 Å². The second kappa shape index (κ2) is 15.9. The zero-order valence-electron chi connectivity index (χ0n) is 25.0. The van der Waals surface area contributed by atoms with Gasteiger partial charge in [-0.25, -0.2) is 4.79 Å². The summed E-state index contributed by atoms with van der Waals surface area (Å²) in [4.78, 5) is 25.9. The third-order valence-electron chi connectivity index (χ3n) is 6.87. The van der Waals surface area contributed by atoms with Crippen LogP contribution < -0.4 is 35.3 Å². The number of nitrogens with two attached hydrogens (primary N) is 1. The number of fused-ring (bicyclic) bond motifs is 1. The van der Waals surface area contributed by atoms with Gasteiger partial charge in [0, 0.05) is 11.8 Å². The lowest BCUT2D eigenvalue weighted by molar-refractivity contribution is -0.111. The van der Waals surface area contributed by atoms with E-state index in [9.17, 15) is 14.7 Å². The molecule has 4 aromatic carbocycles. The second-order valence-corrected chi connectivity index (χ2v) is 10.2. The molecule has 1 aliphatic heterocycles. The fraction of sp³-hybridized carbons (Fsp3) is 0.200. The summed E-state index contributed by atoms with van der Waals surface area (Å²) < 4.78 is 28.9. The Hall–Kier alpha value is -5.68. The van der Waals surface area contributed by atoms with Gasteiger partial charge >= 0.3 is 6.09 Å². The normalized spacial score (nSPS) is 13.1. The first-order valence-corrected chi connectivity index (χ1v) is 14.7. The molecule has 11 nitrogen and oxygen atoms in total. The van der Waals surface area contributed by atoms with Crippen molar-refractivity contribution in [2.24, 2.45) is 0 Å². The van der Waals surface area contributed by atoms with E-state index in [-0.39, 0.29) is 25.9 Å². The number of hydrogen-bond acceptors (Lipinski definition) is 9. The summed E-state index contributed by atoms with van der Waals surface area (Å²) in [6.45, 7) is 0.0541. The van der Waals surface area contributed by atoms with Crippen LogP contribution in [0.25, 0.3) is 0 Å². The van der Waals surface area contributed by atoms with E-state index >= 15 is 0 Å². The Kier molecular flexibility index (Phi) is 10.9. The first-order chi connectivity index (χ1) is 22.5. The zero-order valence-corrected chi connectivity index (χ0v) is 25.0. The number of nitrogens with one attached hydrogen (secondary N) is 2. The summed E-state index contributed by atoms with van der Waals surface area (Å²) in [5.41, 5.74) is 7.99. The number of aliphatic hydroxyl groups excluding tert-OH is 1. The maximum absolute atomic E-state index is 13.3. The second-order valence-electron chi connectivity index (χ2n) is 10.2. The number of carbonyl (C=O) groups excluding carboxylic acids is 2. The highest BCUT2D eigenvalue weighted by Crippen LogP contribution is 2.35. The third-order valence-corrected chi connectivity index (χ3v) is 6.87. The maximum atomic E-state index is 13.3. The predicted octanol–water partition coefficient (Wildman–Crippen LogP) is 6.08. The molecule has 5 N–H and O–H groups in total. The first-order valence-electron chi connectivity index (χ1n) is 14.7. The molecule has 4 aromatic rings. The molecule has 2 atom stereocenters. The summed E-state index contributed by atoms with van der Waals surface area (Å²) in [6, 6.07) is 28.3. The summed E-state index contributed by atoms with van der Waals surface area (Å²) >= 11 is 0. The molecule has 0 spiro atoms. The van der Waals surface area contributed by atoms with Crippen LogP contribution in [0.1, 0.15) is 24.5 Å². The summed E-state index contributed by atoms with van der Waals surface area (Å²) in [5.74, 6) is 1.83. The highest BCUT2D eigenvalue weighted by Gasteiger charge is 2.30. The molecule has 11 heteroatoms. The van der Waals surface area contributed by atoms with E-state index in [0.29, 0.717) is 58.5 Å². The smallest absolute Gasteiger partial charge is 0.412 e. The van der Waals surface area contributed by atoms with Crippen LogP contribution in [0, 0.1) is 0 Å². The van der Waals surface area contributed by atoms with Crippen LogP contribution in [0.2, 0.25) is 0 Å². The minimum atomic E-state index is -0.904. The van der Waals surface area contributed by atoms with Crippen LogP contribution in [-0.2, 0) is 9.53 Å². The number of para-hydroxylation sites is 3. The van der Waals surface area contributed by atoms with Crippen molar-refractivity contribution in [3.05, 3.63) is 115 Å². The van der Waals surface area contributed by atoms with Crippen molar-refractivity contribution < 1.29 is 38.4 Å². The lowest BCUT2D eigenvalue weighted by Crippen LogP contribution is -2.31. The summed E-state index contributed by atoms with van der Waals surface area (Å²) in [6.07, 6.45) is 1.63. The van der Waals surface area contributed by atoms with Crippen molar-refractivity contribution in [3.8, 4) is 23.0 Å². The van der Waals surface area contributed by atoms with Crippen molar-refractivity contribution in [2.75, 3.05) is 36.4 Å². The van der Waals surface area contributed by atoms with Crippen LogP contribution in [0.3, 0.4) is 0 Å². The Morgan fingerprint density at radius 1 is 0.891 bits per heavy atom. The number of anilines is 3. The molecule has 0 aromatic heterocycles. The molecule has 0 unspecified atom stereocenters. The lowest BCUT2D eigenvalue weighted by Gasteiger charge is -2.28. The Labute approximate surface area is 266 Å². The van der Waals surface area contributed by atoms with Crippen LogP contribution >= 0.6 is 0 Å². The molecule has 1 aliphatic rings. The first kappa shape index (κ1) is 31.7. The number of aliphatic hydroxyl groups is 1. The molecular weight excluding hydrogens is 590 g/mol. The van der Waals surface area contributed by atoms with Gasteiger partial charge in [-0.05, 0) is 73.0 Å². The topological polar surface area (TPSA) is 151 Å². The Bertz CT molecular complexity index is 1650. The molecule has 1 heterocycles. The number of hydrogen-bond donors (Lipinski definition) is 4. The number of ether oxygens (including phenoxy) is 5. The standard InChI is InChI=1S/C35H35N3O8/c36-28-13-4-5-14-29(28)38-33(40)16-7-6-15-31(45-26-10-2-1-3-11-26)34(24-9-8-12-27(21-24)42-20-19-39)46-35(41)37-25-17-18-30-32(22-25)44-23-43-30/h1-5,7-14,16-18,21-22,31,34,39H,6,15,19-20,23,36H2,(H,37,41)(H,38,40)/b16-7+/t31-,34-/m0/s1. The van der Waals surface area contributed by atoms with Gasteiger partial charge in [0.25, 0.3) is 0 Å². The molecule has 0 bridgehead atoms. The van der Waals surface area contributed by atoms with E-state index in [0.717, 1.165) is 0 Å². The van der Waals surface area contributed by atoms with Crippen molar-refractivity contribution in [1.29, 1.82) is 0 Å². The largest absolute Gasteiger partial charge is 0.491 e. The highest BCUT2D eigenvalue weighted by atomic mass is 16.7. The molecule has 5 rings (SSSR count). The SMILES string of the molecule is Nc1ccccc1NC(=O)/C=C/CC[C@H](Oc1ccccc1)[C@@H](OC(=O)Nc1ccc2c(c1)OCO2)c1cccc(OCCO)c1. The molecule has 0 fully saturated rings. The van der Waals surface area contributed by atoms with E-state index in [1.54, 1.807) is 72.8 Å². The van der Waals surface area contributed by atoms with Gasteiger partial charge in [0.1, 0.15) is 24.2 Å². The highest BCUT2D eigenvalue weighted by molar-refractivity contribution is 6.01. The van der Waals surface area contributed by atoms with Gasteiger partial charge in [-0.3, -0.25) is 10.1 Å². The van der Waals surface area contributed by atoms with Gasteiger partial charge < -0.3 is 39.8 Å². The lowest BCUT2D eigenvalue weighted by atomic mass is 9.99. The van der Waals surface area contributed by atoms with Crippen LogP contribution in [0.15, 0.2) is 109 Å². The average Bonchev–Trinajstić information content (AvgIpc) is 3.54. The van der Waals surface area contributed by atoms with E-state index in [4.69, 9.17) is 29.4 Å². The monoisotopic (exact) mass is 625 g/mol. The van der Waals surface area contributed by atoms with E-state index in [1.807, 2.05) is 30.3 Å². The number of nitrogen functional groups attached to an aromatic ring is 1. The third kappa shape index (κ3) is 8.93.